The number of carbonyl (C=O) groups is 2. The molecule has 4 heteroatoms. The van der Waals surface area contributed by atoms with Crippen LogP contribution in [-0.2, 0) is 9.59 Å². The molecule has 23 heavy (non-hydrogen) atoms. The Balaban J connectivity index is 1.82. The number of anilines is 2. The van der Waals surface area contributed by atoms with E-state index in [-0.39, 0.29) is 18.2 Å². The number of amides is 2. The number of carbonyl (C=O) groups excluding carboxylic acids is 2. The van der Waals surface area contributed by atoms with Crippen molar-refractivity contribution in [1.82, 2.24) is 0 Å². The maximum absolute atomic E-state index is 12.6. The molecule has 2 aromatic carbocycles. The van der Waals surface area contributed by atoms with Gasteiger partial charge in [0.25, 0.3) is 5.91 Å². The van der Waals surface area contributed by atoms with Crippen molar-refractivity contribution in [2.24, 2.45) is 0 Å². The minimum atomic E-state index is -0.509. The molecule has 3 rings (SSSR count). The van der Waals surface area contributed by atoms with E-state index in [2.05, 4.69) is 11.4 Å². The van der Waals surface area contributed by atoms with Crippen LogP contribution in [0.5, 0.6) is 0 Å². The van der Waals surface area contributed by atoms with Crippen LogP contribution in [0.1, 0.15) is 23.1 Å². The molecule has 1 unspecified atom stereocenters. The summed E-state index contributed by atoms with van der Waals surface area (Å²) in [5, 5.41) is 3.22. The van der Waals surface area contributed by atoms with Crippen LogP contribution < -0.4 is 10.2 Å². The highest BCUT2D eigenvalue weighted by Crippen LogP contribution is 2.26. The van der Waals surface area contributed by atoms with Gasteiger partial charge in [-0.1, -0.05) is 35.4 Å². The summed E-state index contributed by atoms with van der Waals surface area (Å²) in [4.78, 5) is 26.2. The van der Waals surface area contributed by atoms with Crippen LogP contribution in [0.25, 0.3) is 0 Å². The topological polar surface area (TPSA) is 49.4 Å². The third kappa shape index (κ3) is 2.97. The third-order valence-electron chi connectivity index (χ3n) is 4.15. The molecule has 2 amide bonds. The second kappa shape index (κ2) is 5.88. The molecule has 0 aromatic heterocycles. The molecule has 2 aromatic rings. The van der Waals surface area contributed by atoms with Crippen LogP contribution in [0, 0.1) is 20.8 Å². The number of benzene rings is 2. The highest BCUT2D eigenvalue weighted by Gasteiger charge is 2.39. The van der Waals surface area contributed by atoms with Gasteiger partial charge in [0.05, 0.1) is 12.1 Å². The molecular formula is C19H20N2O2. The summed E-state index contributed by atoms with van der Waals surface area (Å²) in [6.07, 6.45) is 0.181. The summed E-state index contributed by atoms with van der Waals surface area (Å²) in [5.74, 6) is -0.361. The molecule has 4 nitrogen and oxygen atoms in total. The number of nitrogens with one attached hydrogen (secondary N) is 1. The molecule has 0 saturated carbocycles. The Morgan fingerprint density at radius 3 is 2.26 bits per heavy atom. The molecule has 1 N–H and O–H groups in total. The number of aryl methyl sites for hydroxylation is 3. The average Bonchev–Trinajstić information content (AvgIpc) is 2.78. The standard InChI is InChI=1S/C19H20N2O2/c1-12-4-7-15(8-5-12)21-18(22)11-17(19(21)23)20-16-9-6-13(2)10-14(16)3/h4-10,17,20H,11H2,1-3H3. The normalized spacial score (nSPS) is 17.7. The lowest BCUT2D eigenvalue weighted by atomic mass is 10.1. The van der Waals surface area contributed by atoms with Crippen molar-refractivity contribution in [2.45, 2.75) is 33.2 Å². The van der Waals surface area contributed by atoms with Crippen LogP contribution in [0.4, 0.5) is 11.4 Å². The number of rotatable bonds is 3. The van der Waals surface area contributed by atoms with E-state index < -0.39 is 6.04 Å². The average molecular weight is 308 g/mol. The van der Waals surface area contributed by atoms with Gasteiger partial charge in [-0.2, -0.15) is 0 Å². The molecule has 1 atom stereocenters. The predicted octanol–water partition coefficient (Wildman–Crippen LogP) is 3.36. The van der Waals surface area contributed by atoms with Crippen LogP contribution in [0.3, 0.4) is 0 Å². The fraction of sp³-hybridized carbons (Fsp3) is 0.263. The van der Waals surface area contributed by atoms with E-state index in [4.69, 9.17) is 0 Å². The van der Waals surface area contributed by atoms with Crippen LogP contribution in [-0.4, -0.2) is 17.9 Å². The van der Waals surface area contributed by atoms with Gasteiger partial charge in [0.2, 0.25) is 5.91 Å². The SMILES string of the molecule is Cc1ccc(N2C(=O)CC(Nc3ccc(C)cc3C)C2=O)cc1. The maximum Gasteiger partial charge on any atom is 0.256 e. The molecule has 1 saturated heterocycles. The van der Waals surface area contributed by atoms with Crippen molar-refractivity contribution in [3.05, 3.63) is 59.2 Å². The Bertz CT molecular complexity index is 765. The summed E-state index contributed by atoms with van der Waals surface area (Å²) in [6.45, 7) is 6.00. The van der Waals surface area contributed by atoms with E-state index >= 15 is 0 Å². The fourth-order valence-electron chi connectivity index (χ4n) is 2.87. The Kier molecular flexibility index (Phi) is 3.90. The molecule has 0 radical (unpaired) electrons. The van der Waals surface area contributed by atoms with E-state index in [1.54, 1.807) is 0 Å². The zero-order valence-corrected chi connectivity index (χ0v) is 13.6. The summed E-state index contributed by atoms with van der Waals surface area (Å²) < 4.78 is 0. The molecule has 118 valence electrons. The third-order valence-corrected chi connectivity index (χ3v) is 4.15. The van der Waals surface area contributed by atoms with Gasteiger partial charge in [-0.25, -0.2) is 4.90 Å². The van der Waals surface area contributed by atoms with Crippen molar-refractivity contribution in [3.8, 4) is 0 Å². The van der Waals surface area contributed by atoms with Gasteiger partial charge in [0.15, 0.2) is 0 Å². The fourth-order valence-corrected chi connectivity index (χ4v) is 2.87. The van der Waals surface area contributed by atoms with Gasteiger partial charge >= 0.3 is 0 Å². The second-order valence-electron chi connectivity index (χ2n) is 6.12. The van der Waals surface area contributed by atoms with Crippen molar-refractivity contribution < 1.29 is 9.59 Å². The van der Waals surface area contributed by atoms with Gasteiger partial charge in [-0.3, -0.25) is 9.59 Å². The Morgan fingerprint density at radius 1 is 0.957 bits per heavy atom. The minimum absolute atomic E-state index is 0.166. The number of hydrogen-bond acceptors (Lipinski definition) is 3. The van der Waals surface area contributed by atoms with Crippen molar-refractivity contribution in [3.63, 3.8) is 0 Å². The molecule has 1 aliphatic rings. The Morgan fingerprint density at radius 2 is 1.61 bits per heavy atom. The molecule has 1 heterocycles. The Hall–Kier alpha value is -2.62. The molecule has 0 bridgehead atoms. The van der Waals surface area contributed by atoms with Gasteiger partial charge in [0, 0.05) is 5.69 Å². The monoisotopic (exact) mass is 308 g/mol. The largest absolute Gasteiger partial charge is 0.373 e. The molecule has 1 fully saturated rings. The molecule has 1 aliphatic heterocycles. The smallest absolute Gasteiger partial charge is 0.256 e. The maximum atomic E-state index is 12.6. The van der Waals surface area contributed by atoms with E-state index in [1.165, 1.54) is 10.5 Å². The van der Waals surface area contributed by atoms with Crippen molar-refractivity contribution in [1.29, 1.82) is 0 Å². The first-order chi connectivity index (χ1) is 11.0. The second-order valence-corrected chi connectivity index (χ2v) is 6.12. The first-order valence-corrected chi connectivity index (χ1v) is 7.73. The van der Waals surface area contributed by atoms with Crippen molar-refractivity contribution >= 4 is 23.2 Å². The highest BCUT2D eigenvalue weighted by atomic mass is 16.2. The van der Waals surface area contributed by atoms with Crippen LogP contribution in [0.15, 0.2) is 42.5 Å². The Labute approximate surface area is 136 Å². The first-order valence-electron chi connectivity index (χ1n) is 7.73. The lowest BCUT2D eigenvalue weighted by Crippen LogP contribution is -2.34. The number of hydrogen-bond donors (Lipinski definition) is 1. The van der Waals surface area contributed by atoms with Crippen LogP contribution in [0.2, 0.25) is 0 Å². The van der Waals surface area contributed by atoms with Gasteiger partial charge in [-0.15, -0.1) is 0 Å². The summed E-state index contributed by atoms with van der Waals surface area (Å²) >= 11 is 0. The van der Waals surface area contributed by atoms with Crippen LogP contribution >= 0.6 is 0 Å². The zero-order chi connectivity index (χ0) is 16.6. The summed E-state index contributed by atoms with van der Waals surface area (Å²) in [5.41, 5.74) is 4.86. The summed E-state index contributed by atoms with van der Waals surface area (Å²) in [7, 11) is 0. The van der Waals surface area contributed by atoms with Gasteiger partial charge < -0.3 is 5.32 Å². The van der Waals surface area contributed by atoms with Crippen molar-refractivity contribution in [2.75, 3.05) is 10.2 Å². The lowest BCUT2D eigenvalue weighted by Gasteiger charge is -2.17. The minimum Gasteiger partial charge on any atom is -0.373 e. The first kappa shape index (κ1) is 15.3. The molecule has 0 aliphatic carbocycles. The number of imide groups is 1. The highest BCUT2D eigenvalue weighted by molar-refractivity contribution is 6.23. The summed E-state index contributed by atoms with van der Waals surface area (Å²) in [6, 6.07) is 12.9. The van der Waals surface area contributed by atoms with Gasteiger partial charge in [0.1, 0.15) is 6.04 Å². The molecular weight excluding hydrogens is 288 g/mol. The van der Waals surface area contributed by atoms with E-state index in [0.717, 1.165) is 16.8 Å². The lowest BCUT2D eigenvalue weighted by molar-refractivity contribution is -0.121. The van der Waals surface area contributed by atoms with E-state index in [0.29, 0.717) is 5.69 Å². The molecule has 0 spiro atoms. The number of nitrogens with zero attached hydrogens (tertiary/aromatic N) is 1. The zero-order valence-electron chi connectivity index (χ0n) is 13.6. The van der Waals surface area contributed by atoms with E-state index in [9.17, 15) is 9.59 Å². The predicted molar refractivity (Wildman–Crippen MR) is 91.6 cm³/mol. The quantitative estimate of drug-likeness (QED) is 0.885. The van der Waals surface area contributed by atoms with Gasteiger partial charge in [-0.05, 0) is 44.5 Å². The van der Waals surface area contributed by atoms with E-state index in [1.807, 2.05) is 57.2 Å².